The predicted octanol–water partition coefficient (Wildman–Crippen LogP) is 16.7. The molecule has 0 amide bonds. The summed E-state index contributed by atoms with van der Waals surface area (Å²) in [6.45, 7) is 34.3. The van der Waals surface area contributed by atoms with Gasteiger partial charge in [0.15, 0.2) is 0 Å². The van der Waals surface area contributed by atoms with E-state index < -0.39 is 0 Å². The van der Waals surface area contributed by atoms with Crippen LogP contribution in [0.4, 0.5) is 0 Å². The molecule has 0 radical (unpaired) electrons. The molecule has 0 fully saturated rings. The summed E-state index contributed by atoms with van der Waals surface area (Å²) >= 11 is 0. The maximum atomic E-state index is 11.1. The number of aromatic nitrogens is 4. The number of hydrogen-bond acceptors (Lipinski definition) is 3. The molecule has 3 aromatic heterocycles. The smallest absolute Gasteiger partial charge is 0.143 e. The molecule has 0 aliphatic heterocycles. The summed E-state index contributed by atoms with van der Waals surface area (Å²) in [7, 11) is 2.02. The molecule has 0 bridgehead atoms. The van der Waals surface area contributed by atoms with Crippen LogP contribution in [0.1, 0.15) is 132 Å². The van der Waals surface area contributed by atoms with Crippen molar-refractivity contribution in [3.8, 4) is 56.3 Å². The summed E-state index contributed by atoms with van der Waals surface area (Å²) in [6.07, 6.45) is 1.95. The summed E-state index contributed by atoms with van der Waals surface area (Å²) in [6, 6.07) is 45.9. The van der Waals surface area contributed by atoms with Gasteiger partial charge in [-0.05, 0) is 121 Å². The van der Waals surface area contributed by atoms with Gasteiger partial charge in [-0.3, -0.25) is 4.98 Å². The normalized spacial score (nSPS) is 12.9. The number of nitrogens with zero attached hydrogens (tertiary/aromatic N) is 4. The van der Waals surface area contributed by atoms with Crippen LogP contribution in [0.25, 0.3) is 83.4 Å². The summed E-state index contributed by atoms with van der Waals surface area (Å²) in [5.74, 6) is 0.933. The fourth-order valence-electron chi connectivity index (χ4n) is 9.52. The predicted molar refractivity (Wildman–Crippen MR) is 289 cm³/mol. The van der Waals surface area contributed by atoms with Gasteiger partial charge in [0.05, 0.1) is 27.6 Å². The fraction of sp³-hybridized carbons (Fsp3) is 0.333. The number of imidazole rings is 1. The van der Waals surface area contributed by atoms with Crippen LogP contribution in [-0.2, 0) is 55.2 Å². The number of hydrogen-bond donors (Lipinski definition) is 1. The summed E-state index contributed by atoms with van der Waals surface area (Å²) in [5.41, 5.74) is 18.1. The Bertz CT molecular complexity index is 3410. The Balaban J connectivity index is 0.00000642. The summed E-state index contributed by atoms with van der Waals surface area (Å²) in [4.78, 5) is 10.3. The zero-order chi connectivity index (χ0) is 49.0. The van der Waals surface area contributed by atoms with E-state index in [4.69, 9.17) is 9.97 Å². The third-order valence-corrected chi connectivity index (χ3v) is 13.9. The van der Waals surface area contributed by atoms with Crippen molar-refractivity contribution in [3.63, 3.8) is 0 Å². The van der Waals surface area contributed by atoms with Gasteiger partial charge < -0.3 is 14.2 Å². The number of pyridine rings is 1. The Morgan fingerprint density at radius 2 is 1.04 bits per heavy atom. The van der Waals surface area contributed by atoms with E-state index >= 15 is 0 Å². The van der Waals surface area contributed by atoms with Crippen LogP contribution in [0.5, 0.6) is 5.75 Å². The molecule has 69 heavy (non-hydrogen) atoms. The summed E-state index contributed by atoms with van der Waals surface area (Å²) < 4.78 is 4.62. The molecule has 0 unspecified atom stereocenters. The molecule has 358 valence electrons. The standard InChI is InChI=1S/C63H69N4O.Pt/c1-59(2,3)41-23-25-53-49(34-41)50-37-45(63(13,14)15)36-48(57(50)67(53)46-32-43(61(7,8)9)31-44(33-46)62(10,11)12)39-27-28-64-52(30-39)40-20-17-19-38(29-40)47-21-18-22-54-56(47)65-58(66(54)16)51-35-42(60(4,5)6)24-26-55(51)68;/h17-28,30-37,68H,1-16H3;/q-1;. The van der Waals surface area contributed by atoms with Crippen molar-refractivity contribution in [3.05, 3.63) is 155 Å². The quantitative estimate of drug-likeness (QED) is 0.175. The number of aryl methyl sites for hydroxylation is 1. The first-order valence-electron chi connectivity index (χ1n) is 24.3. The molecule has 0 saturated carbocycles. The number of fused-ring (bicyclic) bond motifs is 4. The van der Waals surface area contributed by atoms with Crippen LogP contribution in [0.15, 0.2) is 121 Å². The van der Waals surface area contributed by atoms with Gasteiger partial charge in [0.25, 0.3) is 0 Å². The van der Waals surface area contributed by atoms with Crippen molar-refractivity contribution in [1.29, 1.82) is 0 Å². The van der Waals surface area contributed by atoms with Crippen molar-refractivity contribution in [1.82, 2.24) is 19.1 Å². The molecule has 0 aliphatic carbocycles. The number of benzene rings is 6. The fourth-order valence-corrected chi connectivity index (χ4v) is 9.52. The molecule has 0 spiro atoms. The maximum absolute atomic E-state index is 11.1. The average Bonchev–Trinajstić information content (AvgIpc) is 3.78. The third kappa shape index (κ3) is 9.25. The first-order valence-corrected chi connectivity index (χ1v) is 24.3. The Labute approximate surface area is 425 Å². The SMILES string of the molecule is Cn1c(-c2cc(C(C)(C)C)ccc2O)nc2c(-c3[c-]c(-c4cc(-c5cc(C(C)(C)C)cc6c7cc(C(C)(C)C)ccc7n(-c7cc(C(C)(C)C)cc(C(C)(C)C)c7)c56)ccn4)ccc3)cccc21.[Pt]. The zero-order valence-corrected chi connectivity index (χ0v) is 45.9. The second-order valence-electron chi connectivity index (χ2n) is 24.3. The molecule has 0 saturated heterocycles. The number of rotatable bonds is 5. The van der Waals surface area contributed by atoms with Crippen molar-refractivity contribution >= 4 is 32.8 Å². The minimum Gasteiger partial charge on any atom is -0.507 e. The average molecular weight is 1090 g/mol. The molecule has 5 nitrogen and oxygen atoms in total. The Morgan fingerprint density at radius 1 is 0.493 bits per heavy atom. The van der Waals surface area contributed by atoms with Gasteiger partial charge in [0.1, 0.15) is 11.6 Å². The summed E-state index contributed by atoms with van der Waals surface area (Å²) in [5, 5.41) is 13.6. The van der Waals surface area contributed by atoms with Gasteiger partial charge >= 0.3 is 0 Å². The van der Waals surface area contributed by atoms with Gasteiger partial charge in [-0.2, -0.15) is 0 Å². The van der Waals surface area contributed by atoms with Crippen LogP contribution >= 0.6 is 0 Å². The van der Waals surface area contributed by atoms with E-state index in [1.165, 1.54) is 55.3 Å². The van der Waals surface area contributed by atoms with Gasteiger partial charge in [0, 0.05) is 62.0 Å². The largest absolute Gasteiger partial charge is 0.507 e. The Morgan fingerprint density at radius 3 is 1.68 bits per heavy atom. The molecule has 3 heterocycles. The zero-order valence-electron chi connectivity index (χ0n) is 43.6. The first kappa shape index (κ1) is 49.6. The van der Waals surface area contributed by atoms with E-state index in [0.717, 1.165) is 55.9 Å². The third-order valence-electron chi connectivity index (χ3n) is 13.9. The molecule has 0 aliphatic rings. The number of phenolic OH excluding ortho intramolecular Hbond substituents is 1. The van der Waals surface area contributed by atoms with Crippen molar-refractivity contribution in [2.75, 3.05) is 0 Å². The molecule has 6 heteroatoms. The first-order chi connectivity index (χ1) is 31.7. The minimum absolute atomic E-state index is 0. The molecule has 9 aromatic rings. The monoisotopic (exact) mass is 1090 g/mol. The molecule has 9 rings (SSSR count). The van der Waals surface area contributed by atoms with Crippen LogP contribution in [-0.4, -0.2) is 24.2 Å². The van der Waals surface area contributed by atoms with Crippen molar-refractivity contribution in [2.45, 2.75) is 131 Å². The van der Waals surface area contributed by atoms with E-state index in [0.29, 0.717) is 0 Å². The van der Waals surface area contributed by atoms with Crippen LogP contribution in [0, 0.1) is 6.07 Å². The molecule has 6 aromatic carbocycles. The van der Waals surface area contributed by atoms with Gasteiger partial charge in [-0.15, -0.1) is 29.8 Å². The van der Waals surface area contributed by atoms with E-state index in [2.05, 4.69) is 222 Å². The van der Waals surface area contributed by atoms with Crippen molar-refractivity contribution in [2.24, 2.45) is 7.05 Å². The van der Waals surface area contributed by atoms with Gasteiger partial charge in [0.2, 0.25) is 0 Å². The van der Waals surface area contributed by atoms with Gasteiger partial charge in [-0.25, -0.2) is 4.98 Å². The Hall–Kier alpha value is -5.77. The maximum Gasteiger partial charge on any atom is 0.143 e. The van der Waals surface area contributed by atoms with E-state index in [1.54, 1.807) is 6.07 Å². The van der Waals surface area contributed by atoms with Crippen LogP contribution in [0.3, 0.4) is 0 Å². The van der Waals surface area contributed by atoms with E-state index in [9.17, 15) is 5.11 Å². The van der Waals surface area contributed by atoms with E-state index in [-0.39, 0.29) is 53.9 Å². The molecular weight excluding hydrogens is 1020 g/mol. The Kier molecular flexibility index (Phi) is 12.4. The number of para-hydroxylation sites is 1. The second kappa shape index (κ2) is 17.3. The molecule has 1 N–H and O–H groups in total. The second-order valence-corrected chi connectivity index (χ2v) is 24.3. The minimum atomic E-state index is -0.108. The topological polar surface area (TPSA) is 55.9 Å². The number of phenols is 1. The molecule has 0 atom stereocenters. The van der Waals surface area contributed by atoms with Gasteiger partial charge in [-0.1, -0.05) is 151 Å². The number of aromatic hydroxyl groups is 1. The van der Waals surface area contributed by atoms with E-state index in [1.807, 2.05) is 19.3 Å². The van der Waals surface area contributed by atoms with Crippen LogP contribution < -0.4 is 0 Å². The van der Waals surface area contributed by atoms with Crippen molar-refractivity contribution < 1.29 is 26.2 Å². The molecular formula is C63H69N4OPt-. The van der Waals surface area contributed by atoms with Crippen LogP contribution in [0.2, 0.25) is 0 Å².